The zero-order valence-corrected chi connectivity index (χ0v) is 12.1. The molecular formula is C13H11F2NO2S2. The molecule has 0 aliphatic heterocycles. The van der Waals surface area contributed by atoms with Gasteiger partial charge in [-0.15, -0.1) is 11.8 Å². The standard InChI is InChI=1S/C13H11F2NO2S2/c1-19-11-4-2-3-10(8-11)16-20(17,18)13-6-5-9(14)7-12(13)15/h2-8,16H,1H3. The molecule has 0 aliphatic carbocycles. The number of nitrogens with one attached hydrogen (secondary N) is 1. The molecular weight excluding hydrogens is 304 g/mol. The fourth-order valence-corrected chi connectivity index (χ4v) is 3.16. The quantitative estimate of drug-likeness (QED) is 0.879. The van der Waals surface area contributed by atoms with Crippen LogP contribution in [-0.4, -0.2) is 14.7 Å². The highest BCUT2D eigenvalue weighted by Crippen LogP contribution is 2.23. The van der Waals surface area contributed by atoms with Crippen molar-refractivity contribution in [2.75, 3.05) is 11.0 Å². The lowest BCUT2D eigenvalue weighted by Gasteiger charge is -2.09. The van der Waals surface area contributed by atoms with Crippen molar-refractivity contribution in [1.29, 1.82) is 0 Å². The molecule has 0 bridgehead atoms. The number of thioether (sulfide) groups is 1. The van der Waals surface area contributed by atoms with E-state index < -0.39 is 26.6 Å². The number of rotatable bonds is 4. The zero-order valence-electron chi connectivity index (χ0n) is 10.4. The molecule has 0 saturated heterocycles. The van der Waals surface area contributed by atoms with E-state index in [1.807, 2.05) is 12.3 Å². The summed E-state index contributed by atoms with van der Waals surface area (Å²) in [6.45, 7) is 0. The third-order valence-corrected chi connectivity index (χ3v) is 4.65. The highest BCUT2D eigenvalue weighted by Gasteiger charge is 2.19. The SMILES string of the molecule is CSc1cccc(NS(=O)(=O)c2ccc(F)cc2F)c1. The van der Waals surface area contributed by atoms with Crippen LogP contribution < -0.4 is 4.72 Å². The van der Waals surface area contributed by atoms with E-state index in [1.165, 1.54) is 11.8 Å². The van der Waals surface area contributed by atoms with E-state index in [-0.39, 0.29) is 0 Å². The molecule has 2 aromatic carbocycles. The molecule has 0 amide bonds. The van der Waals surface area contributed by atoms with Gasteiger partial charge in [0.1, 0.15) is 16.5 Å². The minimum Gasteiger partial charge on any atom is -0.280 e. The van der Waals surface area contributed by atoms with Crippen LogP contribution in [-0.2, 0) is 10.0 Å². The van der Waals surface area contributed by atoms with Crippen LogP contribution in [0.5, 0.6) is 0 Å². The number of hydrogen-bond donors (Lipinski definition) is 1. The molecule has 0 spiro atoms. The van der Waals surface area contributed by atoms with Gasteiger partial charge in [0.25, 0.3) is 10.0 Å². The van der Waals surface area contributed by atoms with Crippen LogP contribution in [0.2, 0.25) is 0 Å². The summed E-state index contributed by atoms with van der Waals surface area (Å²) >= 11 is 1.45. The molecule has 0 saturated carbocycles. The maximum atomic E-state index is 13.5. The molecule has 0 aromatic heterocycles. The largest absolute Gasteiger partial charge is 0.280 e. The topological polar surface area (TPSA) is 46.2 Å². The number of anilines is 1. The van der Waals surface area contributed by atoms with Crippen LogP contribution in [0.25, 0.3) is 0 Å². The first-order valence-corrected chi connectivity index (χ1v) is 8.25. The third kappa shape index (κ3) is 3.29. The lowest BCUT2D eigenvalue weighted by Crippen LogP contribution is -2.14. The lowest BCUT2D eigenvalue weighted by atomic mass is 10.3. The second-order valence-electron chi connectivity index (χ2n) is 3.91. The van der Waals surface area contributed by atoms with Crippen LogP contribution in [0.4, 0.5) is 14.5 Å². The van der Waals surface area contributed by atoms with E-state index in [4.69, 9.17) is 0 Å². The minimum atomic E-state index is -4.09. The minimum absolute atomic E-state index is 0.320. The summed E-state index contributed by atoms with van der Waals surface area (Å²) in [5.41, 5.74) is 0.320. The summed E-state index contributed by atoms with van der Waals surface area (Å²) in [6.07, 6.45) is 1.85. The molecule has 2 rings (SSSR count). The second-order valence-corrected chi connectivity index (χ2v) is 6.44. The molecule has 0 unspecified atom stereocenters. The number of sulfonamides is 1. The van der Waals surface area contributed by atoms with Gasteiger partial charge in [-0.2, -0.15) is 0 Å². The van der Waals surface area contributed by atoms with Gasteiger partial charge in [0, 0.05) is 16.6 Å². The predicted octanol–water partition coefficient (Wildman–Crippen LogP) is 3.49. The van der Waals surface area contributed by atoms with E-state index in [1.54, 1.807) is 18.2 Å². The summed E-state index contributed by atoms with van der Waals surface area (Å²) in [5, 5.41) is 0. The molecule has 0 aliphatic rings. The normalized spacial score (nSPS) is 11.3. The fraction of sp³-hybridized carbons (Fsp3) is 0.0769. The third-order valence-electron chi connectivity index (χ3n) is 2.51. The fourth-order valence-electron chi connectivity index (χ4n) is 1.59. The Bertz CT molecular complexity index is 733. The molecule has 0 radical (unpaired) electrons. The molecule has 2 aromatic rings. The van der Waals surface area contributed by atoms with Gasteiger partial charge >= 0.3 is 0 Å². The Morgan fingerprint density at radius 2 is 1.85 bits per heavy atom. The molecule has 3 nitrogen and oxygen atoms in total. The molecule has 1 N–H and O–H groups in total. The monoisotopic (exact) mass is 315 g/mol. The van der Waals surface area contributed by atoms with E-state index in [0.29, 0.717) is 11.8 Å². The predicted molar refractivity (Wildman–Crippen MR) is 75.4 cm³/mol. The van der Waals surface area contributed by atoms with Gasteiger partial charge in [0.15, 0.2) is 0 Å². The Balaban J connectivity index is 2.35. The lowest BCUT2D eigenvalue weighted by molar-refractivity contribution is 0.551. The van der Waals surface area contributed by atoms with Gasteiger partial charge in [0.05, 0.1) is 0 Å². The summed E-state index contributed by atoms with van der Waals surface area (Å²) in [6, 6.07) is 9.02. The van der Waals surface area contributed by atoms with E-state index in [0.717, 1.165) is 17.0 Å². The van der Waals surface area contributed by atoms with Crippen LogP contribution in [0.15, 0.2) is 52.3 Å². The average Bonchev–Trinajstić information content (AvgIpc) is 2.37. The maximum absolute atomic E-state index is 13.5. The first kappa shape index (κ1) is 14.8. The number of hydrogen-bond acceptors (Lipinski definition) is 3. The molecule has 20 heavy (non-hydrogen) atoms. The zero-order chi connectivity index (χ0) is 14.8. The first-order chi connectivity index (χ1) is 9.42. The van der Waals surface area contributed by atoms with Gasteiger partial charge in [0.2, 0.25) is 0 Å². The highest BCUT2D eigenvalue weighted by atomic mass is 32.2. The van der Waals surface area contributed by atoms with Crippen molar-refractivity contribution < 1.29 is 17.2 Å². The van der Waals surface area contributed by atoms with E-state index >= 15 is 0 Å². The smallest absolute Gasteiger partial charge is 0.264 e. The number of halogens is 2. The molecule has 7 heteroatoms. The van der Waals surface area contributed by atoms with Crippen LogP contribution in [0.3, 0.4) is 0 Å². The van der Waals surface area contributed by atoms with Crippen LogP contribution in [0.1, 0.15) is 0 Å². The van der Waals surface area contributed by atoms with Gasteiger partial charge in [-0.25, -0.2) is 17.2 Å². The molecule has 0 atom stereocenters. The summed E-state index contributed by atoms with van der Waals surface area (Å²) in [5.74, 6) is -1.95. The molecule has 0 heterocycles. The van der Waals surface area contributed by atoms with Crippen LogP contribution >= 0.6 is 11.8 Å². The highest BCUT2D eigenvalue weighted by molar-refractivity contribution is 7.98. The van der Waals surface area contributed by atoms with Crippen molar-refractivity contribution in [3.63, 3.8) is 0 Å². The summed E-state index contributed by atoms with van der Waals surface area (Å²) in [7, 11) is -4.09. The number of benzene rings is 2. The maximum Gasteiger partial charge on any atom is 0.264 e. The van der Waals surface area contributed by atoms with Crippen molar-refractivity contribution in [2.24, 2.45) is 0 Å². The second kappa shape index (κ2) is 5.80. The van der Waals surface area contributed by atoms with Gasteiger partial charge in [-0.3, -0.25) is 4.72 Å². The van der Waals surface area contributed by atoms with Gasteiger partial charge < -0.3 is 0 Å². The van der Waals surface area contributed by atoms with Crippen molar-refractivity contribution in [3.8, 4) is 0 Å². The van der Waals surface area contributed by atoms with E-state index in [9.17, 15) is 17.2 Å². The molecule has 0 fully saturated rings. The Labute approximate surface area is 120 Å². The molecule has 106 valence electrons. The Morgan fingerprint density at radius 1 is 1.10 bits per heavy atom. The van der Waals surface area contributed by atoms with Crippen molar-refractivity contribution >= 4 is 27.5 Å². The summed E-state index contributed by atoms with van der Waals surface area (Å²) in [4.78, 5) is 0.276. The van der Waals surface area contributed by atoms with Crippen molar-refractivity contribution in [2.45, 2.75) is 9.79 Å². The summed E-state index contributed by atoms with van der Waals surface area (Å²) < 4.78 is 52.7. The van der Waals surface area contributed by atoms with Gasteiger partial charge in [-0.1, -0.05) is 6.07 Å². The van der Waals surface area contributed by atoms with Crippen molar-refractivity contribution in [1.82, 2.24) is 0 Å². The Kier molecular flexibility index (Phi) is 4.29. The average molecular weight is 315 g/mol. The van der Waals surface area contributed by atoms with E-state index in [2.05, 4.69) is 4.72 Å². The Hall–Kier alpha value is -1.60. The van der Waals surface area contributed by atoms with Gasteiger partial charge in [-0.05, 0) is 36.6 Å². The van der Waals surface area contributed by atoms with Crippen LogP contribution in [0, 0.1) is 11.6 Å². The Morgan fingerprint density at radius 3 is 2.50 bits per heavy atom. The first-order valence-electron chi connectivity index (χ1n) is 5.54. The van der Waals surface area contributed by atoms with Crippen molar-refractivity contribution in [3.05, 3.63) is 54.1 Å².